The molecule has 134 valence electrons. The molecule has 2 heterocycles. The number of nitriles is 1. The Morgan fingerprint density at radius 3 is 2.88 bits per heavy atom. The molecule has 3 rings (SSSR count). The molecule has 2 aromatic rings. The van der Waals surface area contributed by atoms with Crippen molar-refractivity contribution in [1.29, 1.82) is 5.26 Å². The third-order valence-electron chi connectivity index (χ3n) is 4.46. The molecule has 2 atom stereocenters. The Bertz CT molecular complexity index is 897. The molecule has 2 unspecified atom stereocenters. The van der Waals surface area contributed by atoms with E-state index in [0.717, 1.165) is 23.3 Å². The van der Waals surface area contributed by atoms with Gasteiger partial charge < -0.3 is 4.74 Å². The average molecular weight is 415 g/mol. The molecule has 7 heteroatoms. The van der Waals surface area contributed by atoms with Gasteiger partial charge in [-0.2, -0.15) is 10.4 Å². The van der Waals surface area contributed by atoms with Gasteiger partial charge in [0.05, 0.1) is 18.4 Å². The van der Waals surface area contributed by atoms with Crippen molar-refractivity contribution in [2.24, 2.45) is 10.9 Å². The van der Waals surface area contributed by atoms with Crippen LogP contribution in [0.5, 0.6) is 0 Å². The zero-order chi connectivity index (χ0) is 18.7. The first-order chi connectivity index (χ1) is 12.6. The summed E-state index contributed by atoms with van der Waals surface area (Å²) in [7, 11) is 0. The number of aromatic nitrogens is 2. The van der Waals surface area contributed by atoms with Crippen molar-refractivity contribution in [1.82, 2.24) is 10.2 Å². The van der Waals surface area contributed by atoms with Crippen LogP contribution >= 0.6 is 15.9 Å². The van der Waals surface area contributed by atoms with Crippen LogP contribution in [0.3, 0.4) is 0 Å². The number of ether oxygens (including phenoxy) is 1. The molecule has 1 aromatic heterocycles. The quantitative estimate of drug-likeness (QED) is 0.740. The highest BCUT2D eigenvalue weighted by Crippen LogP contribution is 2.45. The predicted octanol–water partition coefficient (Wildman–Crippen LogP) is 4.24. The molecular weight excluding hydrogens is 396 g/mol. The maximum absolute atomic E-state index is 12.9. The van der Waals surface area contributed by atoms with Crippen LogP contribution in [0.1, 0.15) is 49.3 Å². The van der Waals surface area contributed by atoms with Crippen LogP contribution in [-0.4, -0.2) is 28.5 Å². The van der Waals surface area contributed by atoms with Crippen molar-refractivity contribution in [2.45, 2.75) is 32.6 Å². The third kappa shape index (κ3) is 3.17. The standard InChI is InChI=1S/C19H19BrN4O2/c1-3-6-14-16(19(25)26-4-2)15(13-10-22-24-18(13)23-14)12-8-5-7-11(9-21)17(12)20/h5,7-8,10,15-16H,3-4,6H2,1-2H3,(H,22,24). The number of rotatable bonds is 5. The van der Waals surface area contributed by atoms with Gasteiger partial charge in [0.1, 0.15) is 12.0 Å². The number of hydrogen-bond acceptors (Lipinski definition) is 5. The molecule has 6 nitrogen and oxygen atoms in total. The molecule has 0 aliphatic carbocycles. The Morgan fingerprint density at radius 2 is 2.19 bits per heavy atom. The molecule has 1 aliphatic heterocycles. The van der Waals surface area contributed by atoms with Crippen molar-refractivity contribution < 1.29 is 9.53 Å². The minimum atomic E-state index is -0.537. The fourth-order valence-corrected chi connectivity index (χ4v) is 3.99. The van der Waals surface area contributed by atoms with Crippen LogP contribution < -0.4 is 0 Å². The van der Waals surface area contributed by atoms with Gasteiger partial charge in [-0.05, 0) is 40.9 Å². The number of aromatic amines is 1. The van der Waals surface area contributed by atoms with Crippen molar-refractivity contribution in [3.05, 3.63) is 45.6 Å². The Kier molecular flexibility index (Phi) is 5.52. The van der Waals surface area contributed by atoms with Crippen molar-refractivity contribution in [3.8, 4) is 6.07 Å². The van der Waals surface area contributed by atoms with E-state index < -0.39 is 5.92 Å². The number of benzene rings is 1. The smallest absolute Gasteiger partial charge is 0.315 e. The molecule has 1 N–H and O–H groups in total. The number of hydrogen-bond donors (Lipinski definition) is 1. The summed E-state index contributed by atoms with van der Waals surface area (Å²) in [5.74, 6) is -0.492. The lowest BCUT2D eigenvalue weighted by Gasteiger charge is -2.31. The van der Waals surface area contributed by atoms with E-state index in [4.69, 9.17) is 4.74 Å². The van der Waals surface area contributed by atoms with Gasteiger partial charge in [0.2, 0.25) is 0 Å². The Morgan fingerprint density at radius 1 is 1.38 bits per heavy atom. The fraction of sp³-hybridized carbons (Fsp3) is 0.368. The van der Waals surface area contributed by atoms with E-state index in [0.29, 0.717) is 28.9 Å². The molecule has 1 aliphatic rings. The number of carbonyl (C=O) groups is 1. The number of halogens is 1. The topological polar surface area (TPSA) is 91.1 Å². The van der Waals surface area contributed by atoms with Gasteiger partial charge in [-0.3, -0.25) is 9.89 Å². The highest BCUT2D eigenvalue weighted by molar-refractivity contribution is 9.10. The summed E-state index contributed by atoms with van der Waals surface area (Å²) in [5, 5.41) is 16.4. The lowest BCUT2D eigenvalue weighted by atomic mass is 9.76. The Hall–Kier alpha value is -2.46. The summed E-state index contributed by atoms with van der Waals surface area (Å²) in [4.78, 5) is 17.5. The molecule has 0 spiro atoms. The average Bonchev–Trinajstić information content (AvgIpc) is 3.09. The minimum absolute atomic E-state index is 0.300. The van der Waals surface area contributed by atoms with E-state index in [1.165, 1.54) is 0 Å². The zero-order valence-electron chi connectivity index (χ0n) is 14.6. The molecular formula is C19H19BrN4O2. The molecule has 0 saturated heterocycles. The Labute approximate surface area is 160 Å². The predicted molar refractivity (Wildman–Crippen MR) is 101 cm³/mol. The summed E-state index contributed by atoms with van der Waals surface area (Å²) in [6.07, 6.45) is 3.25. The summed E-state index contributed by atoms with van der Waals surface area (Å²) >= 11 is 3.55. The number of fused-ring (bicyclic) bond motifs is 1. The summed E-state index contributed by atoms with van der Waals surface area (Å²) in [5.41, 5.74) is 2.99. The normalized spacial score (nSPS) is 18.6. The number of H-pyrrole nitrogens is 1. The van der Waals surface area contributed by atoms with Crippen LogP contribution in [0.4, 0.5) is 5.82 Å². The lowest BCUT2D eigenvalue weighted by Crippen LogP contribution is -2.34. The molecule has 26 heavy (non-hydrogen) atoms. The second kappa shape index (κ2) is 7.83. The van der Waals surface area contributed by atoms with Crippen LogP contribution in [0.25, 0.3) is 0 Å². The molecule has 1 aromatic carbocycles. The van der Waals surface area contributed by atoms with Gasteiger partial charge in [0.15, 0.2) is 5.82 Å². The van der Waals surface area contributed by atoms with Crippen molar-refractivity contribution >= 4 is 33.4 Å². The molecule has 0 bridgehead atoms. The van der Waals surface area contributed by atoms with Crippen LogP contribution in [0.15, 0.2) is 33.9 Å². The van der Waals surface area contributed by atoms with E-state index in [1.54, 1.807) is 19.2 Å². The van der Waals surface area contributed by atoms with Gasteiger partial charge in [0.25, 0.3) is 0 Å². The van der Waals surface area contributed by atoms with Crippen LogP contribution in [0, 0.1) is 17.2 Å². The molecule has 0 saturated carbocycles. The number of esters is 1. The number of aliphatic imine (C=N–C) groups is 1. The van der Waals surface area contributed by atoms with E-state index in [-0.39, 0.29) is 11.9 Å². The van der Waals surface area contributed by atoms with E-state index in [2.05, 4.69) is 44.1 Å². The van der Waals surface area contributed by atoms with E-state index in [9.17, 15) is 10.1 Å². The van der Waals surface area contributed by atoms with Gasteiger partial charge in [-0.1, -0.05) is 25.5 Å². The maximum atomic E-state index is 12.9. The molecule has 0 amide bonds. The van der Waals surface area contributed by atoms with E-state index >= 15 is 0 Å². The summed E-state index contributed by atoms with van der Waals surface area (Å²) < 4.78 is 6.05. The maximum Gasteiger partial charge on any atom is 0.315 e. The zero-order valence-corrected chi connectivity index (χ0v) is 16.2. The first-order valence-electron chi connectivity index (χ1n) is 8.58. The van der Waals surface area contributed by atoms with Gasteiger partial charge >= 0.3 is 5.97 Å². The van der Waals surface area contributed by atoms with Gasteiger partial charge in [0, 0.05) is 21.7 Å². The number of carbonyl (C=O) groups excluding carboxylic acids is 1. The van der Waals surface area contributed by atoms with Crippen LogP contribution in [-0.2, 0) is 9.53 Å². The lowest BCUT2D eigenvalue weighted by molar-refractivity contribution is -0.146. The first kappa shape index (κ1) is 18.3. The van der Waals surface area contributed by atoms with E-state index in [1.807, 2.05) is 12.1 Å². The molecule has 0 fully saturated rings. The monoisotopic (exact) mass is 414 g/mol. The highest BCUT2D eigenvalue weighted by Gasteiger charge is 2.41. The van der Waals surface area contributed by atoms with Crippen molar-refractivity contribution in [3.63, 3.8) is 0 Å². The Balaban J connectivity index is 2.21. The first-order valence-corrected chi connectivity index (χ1v) is 9.37. The summed E-state index contributed by atoms with van der Waals surface area (Å²) in [6.45, 7) is 4.15. The third-order valence-corrected chi connectivity index (χ3v) is 5.35. The van der Waals surface area contributed by atoms with Crippen molar-refractivity contribution in [2.75, 3.05) is 6.61 Å². The largest absolute Gasteiger partial charge is 0.465 e. The fourth-order valence-electron chi connectivity index (χ4n) is 3.39. The minimum Gasteiger partial charge on any atom is -0.465 e. The van der Waals surface area contributed by atoms with Gasteiger partial charge in [-0.25, -0.2) is 4.99 Å². The second-order valence-corrected chi connectivity index (χ2v) is 6.85. The van der Waals surface area contributed by atoms with Gasteiger partial charge in [-0.15, -0.1) is 0 Å². The highest BCUT2D eigenvalue weighted by atomic mass is 79.9. The SMILES string of the molecule is CCCC1=Nc2[nH]ncc2C(c2cccc(C#N)c2Br)C1C(=O)OCC. The van der Waals surface area contributed by atoms with Crippen LogP contribution in [0.2, 0.25) is 0 Å². The number of nitrogens with zero attached hydrogens (tertiary/aromatic N) is 3. The second-order valence-electron chi connectivity index (χ2n) is 6.06. The molecule has 0 radical (unpaired) electrons. The summed E-state index contributed by atoms with van der Waals surface area (Å²) in [6, 6.07) is 7.67. The number of nitrogens with one attached hydrogen (secondary N) is 1.